The van der Waals surface area contributed by atoms with E-state index in [4.69, 9.17) is 5.11 Å². The normalized spacial score (nSPS) is 15.8. The maximum absolute atomic E-state index is 12.5. The average Bonchev–Trinajstić information content (AvgIpc) is 2.61. The van der Waals surface area contributed by atoms with Crippen molar-refractivity contribution in [3.05, 3.63) is 29.8 Å². The van der Waals surface area contributed by atoms with Crippen molar-refractivity contribution < 1.29 is 24.3 Å². The van der Waals surface area contributed by atoms with E-state index in [2.05, 4.69) is 10.6 Å². The Morgan fingerprint density at radius 3 is 2.19 bits per heavy atom. The summed E-state index contributed by atoms with van der Waals surface area (Å²) in [5.41, 5.74) is 1.00. The Bertz CT molecular complexity index is 693. The number of likely N-dealkylation sites (tertiary alicyclic amines) is 1. The zero-order valence-corrected chi connectivity index (χ0v) is 14.8. The van der Waals surface area contributed by atoms with Crippen LogP contribution in [0.5, 0.6) is 0 Å². The third kappa shape index (κ3) is 5.05. The predicted molar refractivity (Wildman–Crippen MR) is 94.6 cm³/mol. The van der Waals surface area contributed by atoms with Gasteiger partial charge in [0.25, 0.3) is 5.91 Å². The predicted octanol–water partition coefficient (Wildman–Crippen LogP) is 1.09. The van der Waals surface area contributed by atoms with Crippen molar-refractivity contribution in [3.8, 4) is 0 Å². The van der Waals surface area contributed by atoms with Crippen LogP contribution in [0, 0.1) is 5.92 Å². The fourth-order valence-corrected chi connectivity index (χ4v) is 2.83. The first-order chi connectivity index (χ1) is 12.3. The number of carboxylic acid groups (broad SMARTS) is 1. The van der Waals surface area contributed by atoms with Gasteiger partial charge in [0.05, 0.1) is 5.92 Å². The number of amides is 3. The smallest absolute Gasteiger partial charge is 0.306 e. The molecule has 3 amide bonds. The number of benzene rings is 1. The van der Waals surface area contributed by atoms with Crippen LogP contribution in [0.4, 0.5) is 5.69 Å². The fraction of sp³-hybridized carbons (Fsp3) is 0.444. The second-order valence-electron chi connectivity index (χ2n) is 6.39. The number of carbonyl (C=O) groups excluding carboxylic acids is 3. The molecule has 1 fully saturated rings. The highest BCUT2D eigenvalue weighted by Crippen LogP contribution is 2.20. The molecule has 3 N–H and O–H groups in total. The quantitative estimate of drug-likeness (QED) is 0.726. The molecule has 1 aliphatic heterocycles. The first-order valence-electron chi connectivity index (χ1n) is 8.48. The Labute approximate surface area is 151 Å². The number of nitrogens with zero attached hydrogens (tertiary/aromatic N) is 1. The number of hydrogen-bond donors (Lipinski definition) is 3. The lowest BCUT2D eigenvalue weighted by molar-refractivity contribution is -0.143. The van der Waals surface area contributed by atoms with Crippen LogP contribution in [0.25, 0.3) is 0 Å². The average molecular weight is 361 g/mol. The van der Waals surface area contributed by atoms with Gasteiger partial charge in [-0.3, -0.25) is 19.2 Å². The van der Waals surface area contributed by atoms with Gasteiger partial charge in [-0.2, -0.15) is 0 Å². The maximum Gasteiger partial charge on any atom is 0.306 e. The SMILES string of the molecule is CC(=O)NC(C)C(=O)Nc1ccc(C(=O)N2CCC(C(=O)O)CC2)cc1. The molecule has 0 bridgehead atoms. The lowest BCUT2D eigenvalue weighted by atomic mass is 9.96. The second-order valence-corrected chi connectivity index (χ2v) is 6.39. The Kier molecular flexibility index (Phi) is 6.32. The minimum absolute atomic E-state index is 0.154. The van der Waals surface area contributed by atoms with Crippen molar-refractivity contribution in [1.82, 2.24) is 10.2 Å². The lowest BCUT2D eigenvalue weighted by Gasteiger charge is -2.30. The highest BCUT2D eigenvalue weighted by atomic mass is 16.4. The zero-order valence-electron chi connectivity index (χ0n) is 14.8. The zero-order chi connectivity index (χ0) is 19.3. The van der Waals surface area contributed by atoms with E-state index in [-0.39, 0.29) is 23.6 Å². The van der Waals surface area contributed by atoms with E-state index in [9.17, 15) is 19.2 Å². The van der Waals surface area contributed by atoms with Gasteiger partial charge in [0, 0.05) is 31.3 Å². The standard InChI is InChI=1S/C18H23N3O5/c1-11(19-12(2)22)16(23)20-15-5-3-13(4-6-15)17(24)21-9-7-14(8-10-21)18(25)26/h3-6,11,14H,7-10H2,1-2H3,(H,19,22)(H,20,23)(H,25,26). The molecule has 0 radical (unpaired) electrons. The van der Waals surface area contributed by atoms with Gasteiger partial charge < -0.3 is 20.6 Å². The second kappa shape index (κ2) is 8.46. The number of carbonyl (C=O) groups is 4. The summed E-state index contributed by atoms with van der Waals surface area (Å²) in [4.78, 5) is 48.0. The molecule has 1 saturated heterocycles. The van der Waals surface area contributed by atoms with Crippen molar-refractivity contribution in [2.75, 3.05) is 18.4 Å². The van der Waals surface area contributed by atoms with Gasteiger partial charge in [-0.1, -0.05) is 0 Å². The Hall–Kier alpha value is -2.90. The van der Waals surface area contributed by atoms with Crippen molar-refractivity contribution >= 4 is 29.4 Å². The summed E-state index contributed by atoms with van der Waals surface area (Å²) in [6, 6.07) is 5.81. The first kappa shape index (κ1) is 19.4. The van der Waals surface area contributed by atoms with E-state index in [0.717, 1.165) is 0 Å². The molecule has 1 aliphatic rings. The topological polar surface area (TPSA) is 116 Å². The molecular weight excluding hydrogens is 338 g/mol. The van der Waals surface area contributed by atoms with Crippen LogP contribution in [0.3, 0.4) is 0 Å². The summed E-state index contributed by atoms with van der Waals surface area (Å²) in [5.74, 6) is -2.00. The van der Waals surface area contributed by atoms with E-state index in [0.29, 0.717) is 37.2 Å². The Morgan fingerprint density at radius 2 is 1.69 bits per heavy atom. The van der Waals surface area contributed by atoms with Crippen LogP contribution in [0.2, 0.25) is 0 Å². The van der Waals surface area contributed by atoms with Crippen LogP contribution in [-0.2, 0) is 14.4 Å². The van der Waals surface area contributed by atoms with Gasteiger partial charge in [0.15, 0.2) is 0 Å². The van der Waals surface area contributed by atoms with Gasteiger partial charge in [-0.25, -0.2) is 0 Å². The van der Waals surface area contributed by atoms with Crippen molar-refractivity contribution in [1.29, 1.82) is 0 Å². The molecule has 0 aliphatic carbocycles. The number of rotatable bonds is 5. The fourth-order valence-electron chi connectivity index (χ4n) is 2.83. The molecule has 0 aromatic heterocycles. The van der Waals surface area contributed by atoms with Crippen molar-refractivity contribution in [2.45, 2.75) is 32.7 Å². The Balaban J connectivity index is 1.92. The molecule has 1 atom stereocenters. The van der Waals surface area contributed by atoms with E-state index < -0.39 is 12.0 Å². The maximum atomic E-state index is 12.5. The molecule has 1 aromatic rings. The molecule has 140 valence electrons. The third-order valence-electron chi connectivity index (χ3n) is 4.34. The summed E-state index contributed by atoms with van der Waals surface area (Å²) < 4.78 is 0. The Morgan fingerprint density at radius 1 is 1.12 bits per heavy atom. The molecule has 1 heterocycles. The number of hydrogen-bond acceptors (Lipinski definition) is 4. The monoisotopic (exact) mass is 361 g/mol. The van der Waals surface area contributed by atoms with Crippen LogP contribution in [0.15, 0.2) is 24.3 Å². The van der Waals surface area contributed by atoms with Gasteiger partial charge in [0.1, 0.15) is 6.04 Å². The van der Waals surface area contributed by atoms with E-state index in [1.165, 1.54) is 6.92 Å². The van der Waals surface area contributed by atoms with Crippen LogP contribution in [-0.4, -0.2) is 52.8 Å². The number of anilines is 1. The van der Waals surface area contributed by atoms with E-state index in [1.807, 2.05) is 0 Å². The van der Waals surface area contributed by atoms with Crippen LogP contribution >= 0.6 is 0 Å². The molecule has 8 nitrogen and oxygen atoms in total. The van der Waals surface area contributed by atoms with E-state index >= 15 is 0 Å². The highest BCUT2D eigenvalue weighted by Gasteiger charge is 2.27. The molecule has 8 heteroatoms. The number of carboxylic acids is 1. The third-order valence-corrected chi connectivity index (χ3v) is 4.34. The molecule has 1 aromatic carbocycles. The van der Waals surface area contributed by atoms with Crippen molar-refractivity contribution in [2.24, 2.45) is 5.92 Å². The number of nitrogens with one attached hydrogen (secondary N) is 2. The number of piperidine rings is 1. The summed E-state index contributed by atoms with van der Waals surface area (Å²) in [6.07, 6.45) is 0.909. The number of aliphatic carboxylic acids is 1. The minimum Gasteiger partial charge on any atom is -0.481 e. The summed E-state index contributed by atoms with van der Waals surface area (Å²) in [5, 5.41) is 14.2. The summed E-state index contributed by atoms with van der Waals surface area (Å²) >= 11 is 0. The molecular formula is C18H23N3O5. The van der Waals surface area contributed by atoms with Crippen LogP contribution in [0.1, 0.15) is 37.0 Å². The minimum atomic E-state index is -0.814. The molecule has 1 unspecified atom stereocenters. The van der Waals surface area contributed by atoms with Gasteiger partial charge in [-0.05, 0) is 44.0 Å². The largest absolute Gasteiger partial charge is 0.481 e. The van der Waals surface area contributed by atoms with Crippen molar-refractivity contribution in [3.63, 3.8) is 0 Å². The highest BCUT2D eigenvalue weighted by molar-refractivity contribution is 5.98. The molecule has 26 heavy (non-hydrogen) atoms. The summed E-state index contributed by atoms with van der Waals surface area (Å²) in [6.45, 7) is 3.75. The molecule has 2 rings (SSSR count). The molecule has 0 saturated carbocycles. The molecule has 0 spiro atoms. The van der Waals surface area contributed by atoms with Gasteiger partial charge in [0.2, 0.25) is 11.8 Å². The van der Waals surface area contributed by atoms with E-state index in [1.54, 1.807) is 36.1 Å². The summed E-state index contributed by atoms with van der Waals surface area (Å²) in [7, 11) is 0. The van der Waals surface area contributed by atoms with Gasteiger partial charge in [-0.15, -0.1) is 0 Å². The first-order valence-corrected chi connectivity index (χ1v) is 8.48. The van der Waals surface area contributed by atoms with Crippen LogP contribution < -0.4 is 10.6 Å². The lowest BCUT2D eigenvalue weighted by Crippen LogP contribution is -2.40. The van der Waals surface area contributed by atoms with Gasteiger partial charge >= 0.3 is 5.97 Å².